The zero-order valence-electron chi connectivity index (χ0n) is 10.5. The lowest BCUT2D eigenvalue weighted by Crippen LogP contribution is -2.40. The first-order valence-corrected chi connectivity index (χ1v) is 6.29. The van der Waals surface area contributed by atoms with Crippen molar-refractivity contribution in [1.29, 1.82) is 0 Å². The van der Waals surface area contributed by atoms with Gasteiger partial charge in [0.25, 0.3) is 0 Å². The summed E-state index contributed by atoms with van der Waals surface area (Å²) in [7, 11) is 0. The monoisotopic (exact) mass is 247 g/mol. The average molecular weight is 247 g/mol. The molecule has 94 valence electrons. The Labute approximate surface area is 101 Å². The highest BCUT2D eigenvalue weighted by Crippen LogP contribution is 2.25. The fourth-order valence-corrected chi connectivity index (χ4v) is 1.94. The Kier molecular flexibility index (Phi) is 5.86. The van der Waals surface area contributed by atoms with Crippen molar-refractivity contribution in [2.45, 2.75) is 45.4 Å². The van der Waals surface area contributed by atoms with Crippen LogP contribution in [-0.2, 0) is 9.59 Å². The van der Waals surface area contributed by atoms with Crippen molar-refractivity contribution in [2.24, 2.45) is 5.92 Å². The first-order chi connectivity index (χ1) is 7.13. The lowest BCUT2D eigenvalue weighted by atomic mass is 10.1. The first kappa shape index (κ1) is 15.3. The van der Waals surface area contributed by atoms with Crippen LogP contribution in [0.3, 0.4) is 0 Å². The van der Waals surface area contributed by atoms with E-state index in [1.54, 1.807) is 0 Å². The molecule has 0 aliphatic carbocycles. The van der Waals surface area contributed by atoms with Gasteiger partial charge in [0.1, 0.15) is 5.92 Å². The van der Waals surface area contributed by atoms with E-state index in [-0.39, 0.29) is 10.8 Å². The molecule has 2 N–H and O–H groups in total. The number of carbonyl (C=O) groups is 2. The molecule has 0 radical (unpaired) electrons. The summed E-state index contributed by atoms with van der Waals surface area (Å²) in [6.07, 6.45) is 0. The van der Waals surface area contributed by atoms with Gasteiger partial charge in [-0.05, 0) is 13.8 Å². The fourth-order valence-electron chi connectivity index (χ4n) is 0.978. The molecule has 4 nitrogen and oxygen atoms in total. The van der Waals surface area contributed by atoms with E-state index in [4.69, 9.17) is 5.11 Å². The molecule has 0 saturated carbocycles. The number of hydrogen-bond acceptors (Lipinski definition) is 3. The molecule has 1 atom stereocenters. The first-order valence-electron chi connectivity index (χ1n) is 5.30. The molecule has 0 aromatic rings. The number of carboxylic acid groups (broad SMARTS) is 1. The maximum Gasteiger partial charge on any atom is 0.316 e. The SMILES string of the molecule is CC(C)NC(=O)C(CSC(C)(C)C)C(=O)O. The minimum Gasteiger partial charge on any atom is -0.481 e. The number of aliphatic carboxylic acids is 1. The van der Waals surface area contributed by atoms with Crippen molar-refractivity contribution in [2.75, 3.05) is 5.75 Å². The van der Waals surface area contributed by atoms with Gasteiger partial charge in [0.05, 0.1) is 0 Å². The number of carboxylic acids is 1. The lowest BCUT2D eigenvalue weighted by Gasteiger charge is -2.21. The molecule has 0 aliphatic heterocycles. The number of nitrogens with one attached hydrogen (secondary N) is 1. The van der Waals surface area contributed by atoms with Gasteiger partial charge in [0.15, 0.2) is 0 Å². The minimum absolute atomic E-state index is 0.0333. The lowest BCUT2D eigenvalue weighted by molar-refractivity contribution is -0.146. The molecule has 0 aromatic carbocycles. The van der Waals surface area contributed by atoms with Crippen molar-refractivity contribution in [3.05, 3.63) is 0 Å². The molecule has 1 amide bonds. The number of amides is 1. The highest BCUT2D eigenvalue weighted by atomic mass is 32.2. The second kappa shape index (κ2) is 6.13. The molecular weight excluding hydrogens is 226 g/mol. The Balaban J connectivity index is 4.39. The van der Waals surface area contributed by atoms with Crippen LogP contribution in [-0.4, -0.2) is 33.5 Å². The number of carbonyl (C=O) groups excluding carboxylic acids is 1. The molecule has 0 rings (SSSR count). The van der Waals surface area contributed by atoms with E-state index in [1.807, 2.05) is 34.6 Å². The van der Waals surface area contributed by atoms with Gasteiger partial charge in [-0.2, -0.15) is 11.8 Å². The molecule has 0 aliphatic rings. The van der Waals surface area contributed by atoms with Crippen LogP contribution >= 0.6 is 11.8 Å². The highest BCUT2D eigenvalue weighted by molar-refractivity contribution is 8.00. The van der Waals surface area contributed by atoms with Gasteiger partial charge in [-0.25, -0.2) is 0 Å². The van der Waals surface area contributed by atoms with E-state index >= 15 is 0 Å². The standard InChI is InChI=1S/C11H21NO3S/c1-7(2)12-9(13)8(10(14)15)6-16-11(3,4)5/h7-8H,6H2,1-5H3,(H,12,13)(H,14,15). The number of hydrogen-bond donors (Lipinski definition) is 2. The summed E-state index contributed by atoms with van der Waals surface area (Å²) in [6.45, 7) is 9.62. The molecule has 16 heavy (non-hydrogen) atoms. The zero-order valence-corrected chi connectivity index (χ0v) is 11.4. The second-order valence-electron chi connectivity index (χ2n) is 4.98. The summed E-state index contributed by atoms with van der Waals surface area (Å²) in [5.41, 5.74) is 0. The molecule has 0 saturated heterocycles. The van der Waals surface area contributed by atoms with Gasteiger partial charge in [-0.15, -0.1) is 0 Å². The Bertz CT molecular complexity index is 258. The van der Waals surface area contributed by atoms with E-state index < -0.39 is 17.8 Å². The molecular formula is C11H21NO3S. The van der Waals surface area contributed by atoms with E-state index in [0.29, 0.717) is 5.75 Å². The van der Waals surface area contributed by atoms with Crippen molar-refractivity contribution >= 4 is 23.6 Å². The maximum atomic E-state index is 11.6. The van der Waals surface area contributed by atoms with Crippen LogP contribution in [0, 0.1) is 5.92 Å². The van der Waals surface area contributed by atoms with Crippen molar-refractivity contribution < 1.29 is 14.7 Å². The van der Waals surface area contributed by atoms with Crippen molar-refractivity contribution in [3.63, 3.8) is 0 Å². The summed E-state index contributed by atoms with van der Waals surface area (Å²) in [5, 5.41) is 11.6. The third-order valence-electron chi connectivity index (χ3n) is 1.73. The summed E-state index contributed by atoms with van der Waals surface area (Å²) in [4.78, 5) is 22.6. The van der Waals surface area contributed by atoms with Gasteiger partial charge >= 0.3 is 5.97 Å². The minimum atomic E-state index is -1.06. The molecule has 0 heterocycles. The maximum absolute atomic E-state index is 11.6. The van der Waals surface area contributed by atoms with Crippen LogP contribution in [0.25, 0.3) is 0 Å². The summed E-state index contributed by atoms with van der Waals surface area (Å²) >= 11 is 1.48. The topological polar surface area (TPSA) is 66.4 Å². The number of rotatable bonds is 5. The summed E-state index contributed by atoms with van der Waals surface area (Å²) in [5.74, 6) is -2.13. The third-order valence-corrected chi connectivity index (χ3v) is 3.09. The predicted octanol–water partition coefficient (Wildman–Crippen LogP) is 1.74. The van der Waals surface area contributed by atoms with Crippen molar-refractivity contribution in [1.82, 2.24) is 5.32 Å². The Morgan fingerprint density at radius 3 is 2.12 bits per heavy atom. The third kappa shape index (κ3) is 6.71. The Morgan fingerprint density at radius 1 is 1.31 bits per heavy atom. The van der Waals surface area contributed by atoms with Crippen LogP contribution in [0.1, 0.15) is 34.6 Å². The molecule has 0 aromatic heterocycles. The highest BCUT2D eigenvalue weighted by Gasteiger charge is 2.28. The van der Waals surface area contributed by atoms with Gasteiger partial charge in [-0.3, -0.25) is 9.59 Å². The van der Waals surface area contributed by atoms with Gasteiger partial charge in [-0.1, -0.05) is 20.8 Å². The predicted molar refractivity (Wildman–Crippen MR) is 66.6 cm³/mol. The van der Waals surface area contributed by atoms with Gasteiger partial charge in [0, 0.05) is 16.5 Å². The van der Waals surface area contributed by atoms with Gasteiger partial charge < -0.3 is 10.4 Å². The Hall–Kier alpha value is -0.710. The normalized spacial score (nSPS) is 13.6. The average Bonchev–Trinajstić information content (AvgIpc) is 1.99. The van der Waals surface area contributed by atoms with Crippen LogP contribution in [0.4, 0.5) is 0 Å². The fraction of sp³-hybridized carbons (Fsp3) is 0.818. The van der Waals surface area contributed by atoms with E-state index in [0.717, 1.165) is 0 Å². The van der Waals surface area contributed by atoms with Crippen LogP contribution < -0.4 is 5.32 Å². The smallest absolute Gasteiger partial charge is 0.316 e. The molecule has 0 spiro atoms. The quantitative estimate of drug-likeness (QED) is 0.726. The Morgan fingerprint density at radius 2 is 1.81 bits per heavy atom. The van der Waals surface area contributed by atoms with Gasteiger partial charge in [0.2, 0.25) is 5.91 Å². The zero-order chi connectivity index (χ0) is 12.9. The molecule has 0 bridgehead atoms. The van der Waals surface area contributed by atoms with Crippen molar-refractivity contribution in [3.8, 4) is 0 Å². The second-order valence-corrected chi connectivity index (χ2v) is 6.82. The van der Waals surface area contributed by atoms with Crippen LogP contribution in [0.15, 0.2) is 0 Å². The summed E-state index contributed by atoms with van der Waals surface area (Å²) < 4.78 is -0.0359. The van der Waals surface area contributed by atoms with E-state index in [9.17, 15) is 9.59 Å². The number of thioether (sulfide) groups is 1. The largest absolute Gasteiger partial charge is 0.481 e. The van der Waals surface area contributed by atoms with Crippen LogP contribution in [0.5, 0.6) is 0 Å². The van der Waals surface area contributed by atoms with E-state index in [2.05, 4.69) is 5.32 Å². The molecule has 1 unspecified atom stereocenters. The van der Waals surface area contributed by atoms with E-state index in [1.165, 1.54) is 11.8 Å². The van der Waals surface area contributed by atoms with Crippen LogP contribution in [0.2, 0.25) is 0 Å². The molecule has 5 heteroatoms. The molecule has 0 fully saturated rings. The summed E-state index contributed by atoms with van der Waals surface area (Å²) in [6, 6.07) is -0.0333.